The first-order valence-electron chi connectivity index (χ1n) is 6.01. The molecule has 0 aliphatic rings. The number of benzene rings is 1. The van der Waals surface area contributed by atoms with Crippen LogP contribution >= 0.6 is 12.6 Å². The summed E-state index contributed by atoms with van der Waals surface area (Å²) in [6, 6.07) is 8.34. The van der Waals surface area contributed by atoms with E-state index in [9.17, 15) is 9.59 Å². The van der Waals surface area contributed by atoms with E-state index in [-0.39, 0.29) is 5.56 Å². The maximum absolute atomic E-state index is 12.3. The SMILES string of the molecule is COC(=O)c1cc(C)nn(-c2cccc(C#CS)c2)c1=O. The fourth-order valence-corrected chi connectivity index (χ4v) is 1.96. The number of hydrogen-bond acceptors (Lipinski definition) is 5. The van der Waals surface area contributed by atoms with Gasteiger partial charge in [-0.1, -0.05) is 24.6 Å². The zero-order chi connectivity index (χ0) is 15.4. The molecule has 0 aliphatic carbocycles. The minimum absolute atomic E-state index is 0.0596. The number of carbonyl (C=O) groups excluding carboxylic acids is 1. The molecule has 6 heteroatoms. The first kappa shape index (κ1) is 14.9. The Labute approximate surface area is 127 Å². The highest BCUT2D eigenvalue weighted by molar-refractivity contribution is 7.85. The Bertz CT molecular complexity index is 816. The first-order valence-corrected chi connectivity index (χ1v) is 6.46. The number of hydrogen-bond donors (Lipinski definition) is 1. The van der Waals surface area contributed by atoms with Gasteiger partial charge in [0.25, 0.3) is 5.56 Å². The lowest BCUT2D eigenvalue weighted by Crippen LogP contribution is -2.28. The van der Waals surface area contributed by atoms with Gasteiger partial charge in [0, 0.05) is 5.56 Å². The Kier molecular flexibility index (Phi) is 4.45. The zero-order valence-electron chi connectivity index (χ0n) is 11.5. The molecule has 0 N–H and O–H groups in total. The van der Waals surface area contributed by atoms with Crippen LogP contribution in [0.2, 0.25) is 0 Å². The molecule has 0 unspecified atom stereocenters. The predicted octanol–water partition coefficient (Wildman–Crippen LogP) is 1.57. The Balaban J connectivity index is 2.66. The summed E-state index contributed by atoms with van der Waals surface area (Å²) in [6.07, 6.45) is 0. The second-order valence-corrected chi connectivity index (χ2v) is 4.42. The highest BCUT2D eigenvalue weighted by atomic mass is 32.1. The molecule has 1 aromatic heterocycles. The Hall–Kier alpha value is -2.52. The number of aryl methyl sites for hydroxylation is 1. The summed E-state index contributed by atoms with van der Waals surface area (Å²) in [6.45, 7) is 1.69. The van der Waals surface area contributed by atoms with E-state index < -0.39 is 11.5 Å². The summed E-state index contributed by atoms with van der Waals surface area (Å²) >= 11 is 3.84. The summed E-state index contributed by atoms with van der Waals surface area (Å²) in [5.41, 5.74) is 1.14. The van der Waals surface area contributed by atoms with Crippen LogP contribution in [-0.2, 0) is 4.74 Å². The van der Waals surface area contributed by atoms with E-state index in [4.69, 9.17) is 0 Å². The number of aromatic nitrogens is 2. The van der Waals surface area contributed by atoms with E-state index >= 15 is 0 Å². The topological polar surface area (TPSA) is 61.2 Å². The smallest absolute Gasteiger partial charge is 0.343 e. The van der Waals surface area contributed by atoms with E-state index in [0.717, 1.165) is 4.68 Å². The van der Waals surface area contributed by atoms with E-state index in [0.29, 0.717) is 16.9 Å². The number of thiol groups is 1. The number of esters is 1. The Morgan fingerprint density at radius 3 is 2.81 bits per heavy atom. The molecule has 0 amide bonds. The molecule has 2 aromatic rings. The molecule has 0 aliphatic heterocycles. The second kappa shape index (κ2) is 6.29. The van der Waals surface area contributed by atoms with Crippen LogP contribution in [0.15, 0.2) is 35.1 Å². The van der Waals surface area contributed by atoms with Crippen molar-refractivity contribution < 1.29 is 9.53 Å². The van der Waals surface area contributed by atoms with Gasteiger partial charge >= 0.3 is 5.97 Å². The minimum atomic E-state index is -0.689. The van der Waals surface area contributed by atoms with Crippen LogP contribution in [0.4, 0.5) is 0 Å². The highest BCUT2D eigenvalue weighted by Crippen LogP contribution is 2.08. The van der Waals surface area contributed by atoms with E-state index in [1.54, 1.807) is 31.2 Å². The molecule has 0 spiro atoms. The van der Waals surface area contributed by atoms with Crippen LogP contribution < -0.4 is 5.56 Å². The molecule has 5 nitrogen and oxygen atoms in total. The summed E-state index contributed by atoms with van der Waals surface area (Å²) in [7, 11) is 1.23. The van der Waals surface area contributed by atoms with Crippen molar-refractivity contribution in [3.8, 4) is 16.9 Å². The van der Waals surface area contributed by atoms with Crippen LogP contribution in [-0.4, -0.2) is 22.9 Å². The van der Waals surface area contributed by atoms with Gasteiger partial charge in [0.1, 0.15) is 5.56 Å². The average molecular weight is 300 g/mol. The van der Waals surface area contributed by atoms with Gasteiger partial charge < -0.3 is 4.74 Å². The summed E-state index contributed by atoms with van der Waals surface area (Å²) in [5, 5.41) is 6.64. The molecule has 21 heavy (non-hydrogen) atoms. The number of nitrogens with zero attached hydrogens (tertiary/aromatic N) is 2. The molecule has 0 radical (unpaired) electrons. The van der Waals surface area contributed by atoms with Crippen molar-refractivity contribution >= 4 is 18.6 Å². The molecule has 0 saturated heterocycles. The lowest BCUT2D eigenvalue weighted by molar-refractivity contribution is 0.0597. The number of ether oxygens (including phenoxy) is 1. The third kappa shape index (κ3) is 3.15. The molecule has 1 aromatic carbocycles. The van der Waals surface area contributed by atoms with Crippen molar-refractivity contribution in [3.05, 3.63) is 57.5 Å². The van der Waals surface area contributed by atoms with Crippen LogP contribution in [0.3, 0.4) is 0 Å². The Morgan fingerprint density at radius 2 is 2.14 bits per heavy atom. The summed E-state index contributed by atoms with van der Waals surface area (Å²) in [5.74, 6) is 2.09. The van der Waals surface area contributed by atoms with Crippen molar-refractivity contribution in [1.82, 2.24) is 9.78 Å². The van der Waals surface area contributed by atoms with E-state index in [1.165, 1.54) is 13.2 Å². The molecular formula is C15H12N2O3S. The molecule has 106 valence electrons. The van der Waals surface area contributed by atoms with Crippen molar-refractivity contribution in [2.75, 3.05) is 7.11 Å². The van der Waals surface area contributed by atoms with Crippen molar-refractivity contribution in [3.63, 3.8) is 0 Å². The summed E-state index contributed by atoms with van der Waals surface area (Å²) < 4.78 is 5.77. The normalized spacial score (nSPS) is 9.67. The van der Waals surface area contributed by atoms with E-state index in [1.807, 2.05) is 0 Å². The zero-order valence-corrected chi connectivity index (χ0v) is 12.3. The van der Waals surface area contributed by atoms with Gasteiger partial charge in [0.05, 0.1) is 18.5 Å². The number of methoxy groups -OCH3 is 1. The van der Waals surface area contributed by atoms with Gasteiger partial charge in [-0.2, -0.15) is 9.78 Å². The number of carbonyl (C=O) groups is 1. The van der Waals surface area contributed by atoms with E-state index in [2.05, 4.69) is 33.6 Å². The van der Waals surface area contributed by atoms with Crippen molar-refractivity contribution in [2.24, 2.45) is 0 Å². The maximum atomic E-state index is 12.3. The quantitative estimate of drug-likeness (QED) is 0.519. The third-order valence-electron chi connectivity index (χ3n) is 2.73. The van der Waals surface area contributed by atoms with Crippen LogP contribution in [0.5, 0.6) is 0 Å². The van der Waals surface area contributed by atoms with Gasteiger partial charge in [-0.15, -0.1) is 0 Å². The van der Waals surface area contributed by atoms with Crippen molar-refractivity contribution in [2.45, 2.75) is 6.92 Å². The lowest BCUT2D eigenvalue weighted by atomic mass is 10.2. The molecule has 0 bridgehead atoms. The van der Waals surface area contributed by atoms with Gasteiger partial charge in [-0.05, 0) is 36.4 Å². The van der Waals surface area contributed by atoms with Gasteiger partial charge in [0.2, 0.25) is 0 Å². The first-order chi connectivity index (χ1) is 10.1. The molecule has 0 saturated carbocycles. The molecule has 0 fully saturated rings. The second-order valence-electron chi connectivity index (χ2n) is 4.20. The van der Waals surface area contributed by atoms with Crippen molar-refractivity contribution in [1.29, 1.82) is 0 Å². The van der Waals surface area contributed by atoms with Crippen LogP contribution in [0.1, 0.15) is 21.6 Å². The van der Waals surface area contributed by atoms with Crippen LogP contribution in [0.25, 0.3) is 5.69 Å². The molecule has 1 heterocycles. The standard InChI is InChI=1S/C15H12N2O3S/c1-10-8-13(15(19)20-2)14(18)17(16-10)12-5-3-4-11(9-12)6-7-21/h3-5,8-9,21H,1-2H3. The fraction of sp³-hybridized carbons (Fsp3) is 0.133. The minimum Gasteiger partial charge on any atom is -0.465 e. The largest absolute Gasteiger partial charge is 0.465 e. The van der Waals surface area contributed by atoms with Gasteiger partial charge in [-0.25, -0.2) is 4.79 Å². The fourth-order valence-electron chi connectivity index (χ4n) is 1.83. The Morgan fingerprint density at radius 1 is 1.38 bits per heavy atom. The van der Waals surface area contributed by atoms with Gasteiger partial charge in [0.15, 0.2) is 0 Å². The highest BCUT2D eigenvalue weighted by Gasteiger charge is 2.15. The average Bonchev–Trinajstić information content (AvgIpc) is 2.49. The summed E-state index contributed by atoms with van der Waals surface area (Å²) in [4.78, 5) is 24.0. The number of rotatable bonds is 2. The molecular weight excluding hydrogens is 288 g/mol. The molecule has 2 rings (SSSR count). The maximum Gasteiger partial charge on any atom is 0.343 e. The van der Waals surface area contributed by atoms with Gasteiger partial charge in [-0.3, -0.25) is 4.79 Å². The van der Waals surface area contributed by atoms with Crippen LogP contribution in [0, 0.1) is 18.1 Å². The predicted molar refractivity (Wildman–Crippen MR) is 81.8 cm³/mol. The molecule has 0 atom stereocenters. The monoisotopic (exact) mass is 300 g/mol. The lowest BCUT2D eigenvalue weighted by Gasteiger charge is -2.08. The third-order valence-corrected chi connectivity index (χ3v) is 2.84.